The third-order valence-electron chi connectivity index (χ3n) is 12.1. The molecule has 12 nitrogen and oxygen atoms in total. The lowest BCUT2D eigenvalue weighted by atomic mass is 8.58. The zero-order valence-corrected chi connectivity index (χ0v) is 44.8. The van der Waals surface area contributed by atoms with E-state index >= 15 is 0 Å². The smallest absolute Gasteiger partial charge is 0.335 e. The fourth-order valence-electron chi connectivity index (χ4n) is 7.39. The van der Waals surface area contributed by atoms with Crippen LogP contribution in [0, 0.1) is 34.3 Å². The highest BCUT2D eigenvalue weighted by molar-refractivity contribution is 8.00. The number of benzene rings is 4. The number of hydrogen-bond donors (Lipinski definition) is 3. The predicted octanol–water partition coefficient (Wildman–Crippen LogP) is -2.43. The second-order valence-corrected chi connectivity index (χ2v) is 18.3. The van der Waals surface area contributed by atoms with Gasteiger partial charge >= 0.3 is 5.97 Å². The minimum Gasteiger partial charge on any atom is -0.478 e. The third kappa shape index (κ3) is 24.9. The number of aromatic carboxylic acids is 1. The molecule has 4 aromatic carbocycles. The highest BCUT2D eigenvalue weighted by atomic mass is 19.1. The minimum atomic E-state index is -1.06. The highest BCUT2D eigenvalue weighted by Gasteiger charge is 2.26. The molecule has 0 amide bonds. The Morgan fingerprint density at radius 2 is 1.05 bits per heavy atom. The summed E-state index contributed by atoms with van der Waals surface area (Å²) in [5.74, 6) is -1.14. The molecule has 32 radical (unpaired) electrons. The van der Waals surface area contributed by atoms with Crippen LogP contribution in [0.1, 0.15) is 52.7 Å². The zero-order chi connectivity index (χ0) is 61.8. The van der Waals surface area contributed by atoms with E-state index in [0.29, 0.717) is 91.2 Å². The number of rotatable bonds is 14. The second kappa shape index (κ2) is 37.8. The summed E-state index contributed by atoms with van der Waals surface area (Å²) in [6.07, 6.45) is -4.54. The number of carboxylic acid groups (broad SMARTS) is 1. The first-order chi connectivity index (χ1) is 38.7. The van der Waals surface area contributed by atoms with E-state index in [-0.39, 0.29) is 41.7 Å². The number of piperidine rings is 2. The molecule has 42 heteroatoms. The SMILES string of the molecule is N#Cc1cc(-c2nc(-c3ccc(F)cc3)no2)ccc1N1CCC(F)CC1.N#Cc1cc(C(=O)O)ccc1N1CCC(F)CC1.N/C(=N\O)c1ccc(F)cc1.[B]B([B])B(B([B])[B])B([B])[B].[B][B]B(B([B])[B])B([B])[B].[B][B]B([B])B([B])[B]. The van der Waals surface area contributed by atoms with Gasteiger partial charge < -0.3 is 30.4 Å². The molecule has 2 saturated heterocycles. The van der Waals surface area contributed by atoms with Crippen LogP contribution in [0.15, 0.2) is 94.6 Å². The summed E-state index contributed by atoms with van der Waals surface area (Å²) in [4.78, 5) is 19.1. The number of anilines is 2. The molecular weight excluding hydrogens is 1010 g/mol. The van der Waals surface area contributed by atoms with Crippen molar-refractivity contribution < 1.29 is 37.2 Å². The molecule has 2 aliphatic rings. The molecule has 3 heterocycles. The first-order valence-electron chi connectivity index (χ1n) is 25.1. The average Bonchev–Trinajstić information content (AvgIpc) is 4.07. The van der Waals surface area contributed by atoms with Crippen LogP contribution in [-0.2, 0) is 0 Å². The minimum absolute atomic E-state index is 0.0231. The molecule has 0 atom stereocenters. The molecular formula is C40H36B26F4N8O4. The molecule has 1 aromatic heterocycles. The van der Waals surface area contributed by atoms with Crippen LogP contribution in [0.3, 0.4) is 0 Å². The number of carboxylic acids is 1. The molecule has 0 aliphatic carbocycles. The number of oxime groups is 1. The largest absolute Gasteiger partial charge is 0.478 e. The van der Waals surface area contributed by atoms with Gasteiger partial charge in [-0.2, -0.15) is 15.5 Å². The zero-order valence-electron chi connectivity index (χ0n) is 44.8. The topological polar surface area (TPSA) is 189 Å². The van der Waals surface area contributed by atoms with Crippen LogP contribution in [-0.4, -0.2) is 258 Å². The van der Waals surface area contributed by atoms with Gasteiger partial charge in [0.15, 0.2) is 5.84 Å². The quantitative estimate of drug-likeness (QED) is 0.0268. The Labute approximate surface area is 504 Å². The van der Waals surface area contributed by atoms with Gasteiger partial charge in [-0.3, -0.25) is 0 Å². The highest BCUT2D eigenvalue weighted by Crippen LogP contribution is 2.30. The number of halogens is 4. The van der Waals surface area contributed by atoms with Gasteiger partial charge in [0.2, 0.25) is 5.82 Å². The van der Waals surface area contributed by atoms with E-state index in [1.807, 2.05) is 21.9 Å². The number of amidine groups is 1. The van der Waals surface area contributed by atoms with Crippen LogP contribution in [0.25, 0.3) is 22.8 Å². The Hall–Kier alpha value is -5.25. The van der Waals surface area contributed by atoms with Crippen LogP contribution < -0.4 is 15.5 Å². The number of nitrogens with zero attached hydrogens (tertiary/aromatic N) is 7. The summed E-state index contributed by atoms with van der Waals surface area (Å²) < 4.78 is 57.1. The number of nitriles is 2. The summed E-state index contributed by atoms with van der Waals surface area (Å²) in [5.41, 5.74) is 9.35. The van der Waals surface area contributed by atoms with Crippen molar-refractivity contribution in [1.29, 1.82) is 10.5 Å². The summed E-state index contributed by atoms with van der Waals surface area (Å²) in [5, 5.41) is 42.4. The van der Waals surface area contributed by atoms with E-state index in [1.54, 1.807) is 30.3 Å². The van der Waals surface area contributed by atoms with E-state index < -0.39 is 63.0 Å². The van der Waals surface area contributed by atoms with Crippen LogP contribution in [0.4, 0.5) is 28.9 Å². The van der Waals surface area contributed by atoms with Crippen molar-refractivity contribution in [3.63, 3.8) is 0 Å². The summed E-state index contributed by atoms with van der Waals surface area (Å²) in [7, 11) is 80.8. The van der Waals surface area contributed by atoms with Crippen molar-refractivity contribution >= 4 is 211 Å². The predicted molar refractivity (Wildman–Crippen MR) is 349 cm³/mol. The van der Waals surface area contributed by atoms with Gasteiger partial charge in [0.25, 0.3) is 5.89 Å². The molecule has 82 heavy (non-hydrogen) atoms. The van der Waals surface area contributed by atoms with E-state index in [9.17, 15) is 27.6 Å². The summed E-state index contributed by atoms with van der Waals surface area (Å²) >= 11 is 0. The van der Waals surface area contributed by atoms with Crippen LogP contribution >= 0.6 is 0 Å². The molecule has 0 spiro atoms. The normalized spacial score (nSPS) is 12.6. The fraction of sp³-hybridized carbons (Fsp3) is 0.250. The maximum atomic E-state index is 13.4. The van der Waals surface area contributed by atoms with Gasteiger partial charge in [-0.25, -0.2) is 22.4 Å². The van der Waals surface area contributed by atoms with Crippen molar-refractivity contribution in [1.82, 2.24) is 10.1 Å². The first-order valence-corrected chi connectivity index (χ1v) is 25.1. The van der Waals surface area contributed by atoms with Crippen molar-refractivity contribution in [2.45, 2.75) is 38.0 Å². The van der Waals surface area contributed by atoms with Gasteiger partial charge in [0, 0.05) is 231 Å². The monoisotopic (exact) mass is 1050 g/mol. The number of hydrogen-bond acceptors (Lipinski definition) is 10. The number of nitrogens with two attached hydrogens (primary N) is 1. The Kier molecular flexibility index (Phi) is 33.6. The van der Waals surface area contributed by atoms with E-state index in [4.69, 9.17) is 142 Å². The van der Waals surface area contributed by atoms with Crippen LogP contribution in [0.2, 0.25) is 0 Å². The van der Waals surface area contributed by atoms with E-state index in [2.05, 4.69) is 21.4 Å². The second-order valence-electron chi connectivity index (χ2n) is 18.3. The molecule has 2 fully saturated rings. The van der Waals surface area contributed by atoms with Gasteiger partial charge in [-0.05, 0) is 111 Å². The van der Waals surface area contributed by atoms with Crippen molar-refractivity contribution in [3.8, 4) is 35.0 Å². The van der Waals surface area contributed by atoms with Crippen molar-refractivity contribution in [2.24, 2.45) is 10.9 Å². The lowest BCUT2D eigenvalue weighted by Crippen LogP contribution is -2.62. The summed E-state index contributed by atoms with van der Waals surface area (Å²) in [6.45, 7) is 2.29. The molecule has 2 aliphatic heterocycles. The van der Waals surface area contributed by atoms with Crippen LogP contribution in [0.5, 0.6) is 0 Å². The lowest BCUT2D eigenvalue weighted by Gasteiger charge is -2.31. The Bertz CT molecular complexity index is 2770. The standard InChI is InChI=1S/C20H16F2N4O.C13H13FN2O2.C7H7FN2O.B10.B9.B7/c21-16-4-1-13(2-5-16)19-24-20(27-25-19)14-3-6-18(15(11-14)12-23)26-9-7-17(22)8-10-26;14-11-3-5-16(6-4-11)12-2-1-9(13(17)18)7-10(12)8-15;8-6-3-1-5(2-4-6)7(9)10-11;1-7(2)10(8(3)4)9(5)6;1-6-9(7(2)3)8(4)5;1-5-7(4)6(2)3/h1-6,11,17H,7-10H2;1-2,7,11H,3-6H2,(H,17,18);1-4,11H,(H2,9,10);;;. The molecule has 7 rings (SSSR count). The summed E-state index contributed by atoms with van der Waals surface area (Å²) in [6, 6.07) is 25.1. The first kappa shape index (κ1) is 72.9. The average molecular weight is 1050 g/mol. The molecule has 0 bridgehead atoms. The Morgan fingerprint density at radius 3 is 1.39 bits per heavy atom. The van der Waals surface area contributed by atoms with Crippen molar-refractivity contribution in [2.75, 3.05) is 36.0 Å². The molecule has 0 unspecified atom stereocenters. The number of aromatic nitrogens is 2. The molecule has 0 saturated carbocycles. The fourth-order valence-corrected chi connectivity index (χ4v) is 7.39. The third-order valence-corrected chi connectivity index (χ3v) is 12.1. The van der Waals surface area contributed by atoms with E-state index in [0.717, 1.165) is 5.69 Å². The maximum absolute atomic E-state index is 13.4. The number of alkyl halides is 2. The van der Waals surface area contributed by atoms with Gasteiger partial charge in [0.05, 0.1) is 28.1 Å². The van der Waals surface area contributed by atoms with Crippen molar-refractivity contribution in [3.05, 3.63) is 119 Å². The van der Waals surface area contributed by atoms with Gasteiger partial charge in [0.1, 0.15) is 36.1 Å². The Morgan fingerprint density at radius 1 is 0.634 bits per heavy atom. The van der Waals surface area contributed by atoms with E-state index in [1.165, 1.54) is 62.7 Å². The van der Waals surface area contributed by atoms with Gasteiger partial charge in [-0.15, -0.1) is 0 Å². The Balaban J connectivity index is 0.000000363. The molecule has 366 valence electrons. The molecule has 5 aromatic rings. The maximum Gasteiger partial charge on any atom is 0.335 e. The molecule has 4 N–H and O–H groups in total. The lowest BCUT2D eigenvalue weighted by molar-refractivity contribution is 0.0696. The van der Waals surface area contributed by atoms with Gasteiger partial charge in [-0.1, -0.05) is 10.3 Å². The number of carbonyl (C=O) groups is 1.